The quantitative estimate of drug-likeness (QED) is 0.430. The van der Waals surface area contributed by atoms with Crippen molar-refractivity contribution < 1.29 is 17.9 Å². The smallest absolute Gasteiger partial charge is 0.269 e. The molecular weight excluding hydrogens is 456 g/mol. The highest BCUT2D eigenvalue weighted by atomic mass is 32.2. The maximum atomic E-state index is 12.8. The van der Waals surface area contributed by atoms with Crippen LogP contribution < -0.4 is 14.4 Å². The topological polar surface area (TPSA) is 101 Å². The molecule has 0 saturated heterocycles. The number of carbonyl (C=O) groups excluding carboxylic acids is 1. The van der Waals surface area contributed by atoms with E-state index in [1.54, 1.807) is 18.2 Å². The van der Waals surface area contributed by atoms with Crippen molar-refractivity contribution in [2.75, 3.05) is 22.4 Å². The van der Waals surface area contributed by atoms with Crippen molar-refractivity contribution in [1.29, 1.82) is 0 Å². The Hall–Kier alpha value is -2.63. The summed E-state index contributed by atoms with van der Waals surface area (Å²) in [5.41, 5.74) is 2.49. The minimum absolute atomic E-state index is 0.116. The largest absolute Gasteiger partial charge is 0.476 e. The lowest BCUT2D eigenvalue weighted by atomic mass is 10.1. The van der Waals surface area contributed by atoms with Crippen LogP contribution in [-0.4, -0.2) is 43.4 Å². The molecule has 0 bridgehead atoms. The Morgan fingerprint density at radius 3 is 2.77 bits per heavy atom. The summed E-state index contributed by atoms with van der Waals surface area (Å²) in [7, 11) is -3.58. The monoisotopic (exact) mass is 476 g/mol. The molecule has 0 radical (unpaired) electrons. The molecule has 1 aromatic heterocycles. The highest BCUT2D eigenvalue weighted by Gasteiger charge is 2.35. The van der Waals surface area contributed by atoms with Crippen LogP contribution >= 0.6 is 23.1 Å². The SMILES string of the molecule is Cc1ccc2c(c1)N(S(C)(=O)=O)CC(C(=O)Nc1nnc(SCc3ccccc3)s1)O2. The molecular formula is C20H20N4O4S3. The molecule has 2 aromatic carbocycles. The maximum Gasteiger partial charge on any atom is 0.269 e. The molecule has 0 fully saturated rings. The van der Waals surface area contributed by atoms with Crippen molar-refractivity contribution in [3.63, 3.8) is 0 Å². The molecule has 2 heterocycles. The molecule has 1 aliphatic rings. The number of rotatable bonds is 6. The third-order valence-corrected chi connectivity index (χ3v) is 7.71. The number of fused-ring (bicyclic) bond motifs is 1. The van der Waals surface area contributed by atoms with E-state index in [0.29, 0.717) is 16.6 Å². The van der Waals surface area contributed by atoms with E-state index in [-0.39, 0.29) is 6.54 Å². The van der Waals surface area contributed by atoms with Crippen molar-refractivity contribution in [1.82, 2.24) is 10.2 Å². The summed E-state index contributed by atoms with van der Waals surface area (Å²) in [4.78, 5) is 12.8. The predicted octanol–water partition coefficient (Wildman–Crippen LogP) is 3.30. The van der Waals surface area contributed by atoms with E-state index in [4.69, 9.17) is 4.74 Å². The molecule has 0 spiro atoms. The van der Waals surface area contributed by atoms with Crippen LogP contribution in [0.25, 0.3) is 0 Å². The number of hydrogen-bond donors (Lipinski definition) is 1. The van der Waals surface area contributed by atoms with Gasteiger partial charge in [0.25, 0.3) is 5.91 Å². The number of aryl methyl sites for hydroxylation is 1. The van der Waals surface area contributed by atoms with Gasteiger partial charge in [-0.1, -0.05) is 59.5 Å². The minimum atomic E-state index is -3.58. The zero-order chi connectivity index (χ0) is 22.0. The number of hydrogen-bond acceptors (Lipinski definition) is 8. The van der Waals surface area contributed by atoms with Crippen LogP contribution in [0.2, 0.25) is 0 Å². The van der Waals surface area contributed by atoms with Crippen LogP contribution in [0.4, 0.5) is 10.8 Å². The van der Waals surface area contributed by atoms with E-state index < -0.39 is 22.0 Å². The standard InChI is InChI=1S/C20H20N4O4S3/c1-13-8-9-16-15(10-13)24(31(2,26)27)11-17(28-16)18(25)21-19-22-23-20(30-19)29-12-14-6-4-3-5-7-14/h3-10,17H,11-12H2,1-2H3,(H,21,22,25). The third kappa shape index (κ3) is 5.17. The van der Waals surface area contributed by atoms with Crippen LogP contribution in [0.15, 0.2) is 52.9 Å². The van der Waals surface area contributed by atoms with Crippen molar-refractivity contribution >= 4 is 49.8 Å². The average molecular weight is 477 g/mol. The van der Waals surface area contributed by atoms with E-state index in [1.165, 1.54) is 33.0 Å². The Morgan fingerprint density at radius 1 is 1.26 bits per heavy atom. The van der Waals surface area contributed by atoms with E-state index in [9.17, 15) is 13.2 Å². The lowest BCUT2D eigenvalue weighted by Gasteiger charge is -2.34. The zero-order valence-corrected chi connectivity index (χ0v) is 19.3. The Labute approximate surface area is 188 Å². The van der Waals surface area contributed by atoms with Gasteiger partial charge in [0.05, 0.1) is 18.5 Å². The second-order valence-electron chi connectivity index (χ2n) is 7.01. The Kier molecular flexibility index (Phi) is 6.17. The molecule has 8 nitrogen and oxygen atoms in total. The van der Waals surface area contributed by atoms with Gasteiger partial charge in [0.15, 0.2) is 10.4 Å². The summed E-state index contributed by atoms with van der Waals surface area (Å²) in [5.74, 6) is 0.615. The van der Waals surface area contributed by atoms with Gasteiger partial charge < -0.3 is 4.74 Å². The third-order valence-electron chi connectivity index (χ3n) is 4.52. The molecule has 1 amide bonds. The summed E-state index contributed by atoms with van der Waals surface area (Å²) < 4.78 is 32.3. The van der Waals surface area contributed by atoms with Gasteiger partial charge in [0.2, 0.25) is 15.2 Å². The number of ether oxygens (including phenoxy) is 1. The number of anilines is 2. The van der Waals surface area contributed by atoms with Gasteiger partial charge in [-0.25, -0.2) is 8.42 Å². The fourth-order valence-electron chi connectivity index (χ4n) is 3.04. The lowest BCUT2D eigenvalue weighted by Crippen LogP contribution is -2.48. The second-order valence-corrected chi connectivity index (χ2v) is 11.1. The number of amides is 1. The first-order chi connectivity index (χ1) is 14.8. The molecule has 11 heteroatoms. The van der Waals surface area contributed by atoms with E-state index in [0.717, 1.165) is 21.9 Å². The fraction of sp³-hybridized carbons (Fsp3) is 0.250. The summed E-state index contributed by atoms with van der Waals surface area (Å²) in [6, 6.07) is 15.2. The molecule has 3 aromatic rings. The molecule has 1 atom stereocenters. The van der Waals surface area contributed by atoms with E-state index >= 15 is 0 Å². The first kappa shape index (κ1) is 21.6. The first-order valence-electron chi connectivity index (χ1n) is 9.36. The number of benzene rings is 2. The van der Waals surface area contributed by atoms with E-state index in [2.05, 4.69) is 15.5 Å². The highest BCUT2D eigenvalue weighted by Crippen LogP contribution is 2.36. The second kappa shape index (κ2) is 8.85. The average Bonchev–Trinajstić information content (AvgIpc) is 3.18. The number of aromatic nitrogens is 2. The summed E-state index contributed by atoms with van der Waals surface area (Å²) in [6.45, 7) is 1.75. The zero-order valence-electron chi connectivity index (χ0n) is 16.8. The van der Waals surface area contributed by atoms with Crippen molar-refractivity contribution in [3.8, 4) is 5.75 Å². The fourth-order valence-corrected chi connectivity index (χ4v) is 5.65. The molecule has 4 rings (SSSR count). The van der Waals surface area contributed by atoms with Gasteiger partial charge in [0.1, 0.15) is 5.75 Å². The number of thioether (sulfide) groups is 1. The Bertz CT molecular complexity index is 1200. The molecule has 1 aliphatic heterocycles. The van der Waals surface area contributed by atoms with Crippen LogP contribution in [0.1, 0.15) is 11.1 Å². The van der Waals surface area contributed by atoms with Crippen molar-refractivity contribution in [2.24, 2.45) is 0 Å². The number of sulfonamides is 1. The number of nitrogens with one attached hydrogen (secondary N) is 1. The van der Waals surface area contributed by atoms with Crippen molar-refractivity contribution in [3.05, 3.63) is 59.7 Å². The molecule has 31 heavy (non-hydrogen) atoms. The van der Waals surface area contributed by atoms with Gasteiger partial charge in [-0.05, 0) is 30.2 Å². The van der Waals surface area contributed by atoms with Gasteiger partial charge in [-0.3, -0.25) is 14.4 Å². The number of carbonyl (C=O) groups is 1. The van der Waals surface area contributed by atoms with Gasteiger partial charge in [0, 0.05) is 5.75 Å². The normalized spacial score (nSPS) is 15.8. The van der Waals surface area contributed by atoms with Crippen molar-refractivity contribution in [2.45, 2.75) is 23.1 Å². The molecule has 1 unspecified atom stereocenters. The van der Waals surface area contributed by atoms with Crippen LogP contribution in [0, 0.1) is 6.92 Å². The van der Waals surface area contributed by atoms with Crippen LogP contribution in [0.3, 0.4) is 0 Å². The molecule has 0 saturated carbocycles. The Morgan fingerprint density at radius 2 is 2.03 bits per heavy atom. The highest BCUT2D eigenvalue weighted by molar-refractivity contribution is 8.00. The van der Waals surface area contributed by atoms with Crippen LogP contribution in [0.5, 0.6) is 5.75 Å². The van der Waals surface area contributed by atoms with Gasteiger partial charge in [-0.2, -0.15) is 0 Å². The van der Waals surface area contributed by atoms with Gasteiger partial charge in [-0.15, -0.1) is 10.2 Å². The maximum absolute atomic E-state index is 12.8. The van der Waals surface area contributed by atoms with Crippen LogP contribution in [-0.2, 0) is 20.6 Å². The predicted molar refractivity (Wildman–Crippen MR) is 122 cm³/mol. The Balaban J connectivity index is 1.44. The molecule has 1 N–H and O–H groups in total. The van der Waals surface area contributed by atoms with E-state index in [1.807, 2.05) is 37.3 Å². The lowest BCUT2D eigenvalue weighted by molar-refractivity contribution is -0.122. The van der Waals surface area contributed by atoms with Gasteiger partial charge >= 0.3 is 0 Å². The minimum Gasteiger partial charge on any atom is -0.476 e. The summed E-state index contributed by atoms with van der Waals surface area (Å²) in [5, 5.41) is 11.1. The molecule has 0 aliphatic carbocycles. The number of nitrogens with zero attached hydrogens (tertiary/aromatic N) is 3. The summed E-state index contributed by atoms with van der Waals surface area (Å²) >= 11 is 2.79. The molecule has 162 valence electrons. The first-order valence-corrected chi connectivity index (χ1v) is 13.0. The summed E-state index contributed by atoms with van der Waals surface area (Å²) in [6.07, 6.45) is 0.106.